The van der Waals surface area contributed by atoms with Crippen LogP contribution >= 0.6 is 7.60 Å². The van der Waals surface area contributed by atoms with Gasteiger partial charge in [0, 0.05) is 0 Å². The highest BCUT2D eigenvalue weighted by Gasteiger charge is 2.11. The van der Waals surface area contributed by atoms with Crippen molar-refractivity contribution in [3.05, 3.63) is 29.3 Å². The summed E-state index contributed by atoms with van der Waals surface area (Å²) in [4.78, 5) is 24.1. The topological polar surface area (TPSA) is 63.2 Å². The van der Waals surface area contributed by atoms with Gasteiger partial charge in [-0.05, 0) is 49.7 Å². The van der Waals surface area contributed by atoms with Crippen LogP contribution in [-0.4, -0.2) is 0 Å². The monoisotopic (exact) mass is 661 g/mol. The first-order valence-corrected chi connectivity index (χ1v) is 22.2. The molecule has 0 amide bonds. The minimum Gasteiger partial charge on any atom is -0.807 e. The van der Waals surface area contributed by atoms with E-state index >= 15 is 0 Å². The summed E-state index contributed by atoms with van der Waals surface area (Å²) in [6.45, 7) is 4.56. The Hall–Kier alpha value is -0.630. The average Bonchev–Trinajstić information content (AvgIpc) is 3.04. The Balaban J connectivity index is 2.14. The van der Waals surface area contributed by atoms with Crippen LogP contribution in [0.15, 0.2) is 18.2 Å². The summed E-state index contributed by atoms with van der Waals surface area (Å²) in [6, 6.07) is 5.38. The van der Waals surface area contributed by atoms with Gasteiger partial charge in [0.25, 0.3) is 0 Å². The van der Waals surface area contributed by atoms with E-state index in [1.165, 1.54) is 186 Å². The molecule has 0 saturated heterocycles. The molecule has 1 aromatic carbocycles. The molecule has 0 aliphatic heterocycles. The summed E-state index contributed by atoms with van der Waals surface area (Å²) >= 11 is 0. The first kappa shape index (κ1) is 43.4. The quantitative estimate of drug-likeness (QED) is 0.0537. The van der Waals surface area contributed by atoms with E-state index in [0.29, 0.717) is 0 Å². The van der Waals surface area contributed by atoms with Crippen molar-refractivity contribution in [3.63, 3.8) is 0 Å². The lowest BCUT2D eigenvalue weighted by atomic mass is 9.96. The van der Waals surface area contributed by atoms with Crippen molar-refractivity contribution in [1.82, 2.24) is 0 Å². The molecule has 1 rings (SSSR count). The molecule has 3 nitrogen and oxygen atoms in total. The van der Waals surface area contributed by atoms with Crippen LogP contribution in [0.1, 0.15) is 230 Å². The third-order valence-corrected chi connectivity index (χ3v) is 11.1. The first-order chi connectivity index (χ1) is 22.5. The Morgan fingerprint density at radius 3 is 1.00 bits per heavy atom. The van der Waals surface area contributed by atoms with Crippen molar-refractivity contribution >= 4 is 12.9 Å². The molecule has 0 saturated carbocycles. The number of aryl methyl sites for hydroxylation is 1. The lowest BCUT2D eigenvalue weighted by molar-refractivity contribution is -0.308. The zero-order valence-electron chi connectivity index (χ0n) is 30.9. The van der Waals surface area contributed by atoms with E-state index < -0.39 is 7.60 Å². The highest BCUT2D eigenvalue weighted by Crippen LogP contribution is 2.28. The molecule has 0 aliphatic rings. The van der Waals surface area contributed by atoms with E-state index in [0.717, 1.165) is 43.2 Å². The number of rotatable bonds is 35. The van der Waals surface area contributed by atoms with E-state index in [4.69, 9.17) is 0 Å². The van der Waals surface area contributed by atoms with Gasteiger partial charge in [0.05, 0.1) is 0 Å². The largest absolute Gasteiger partial charge is 0.807 e. The Morgan fingerprint density at radius 2 is 0.696 bits per heavy atom. The van der Waals surface area contributed by atoms with Crippen molar-refractivity contribution in [1.29, 1.82) is 0 Å². The lowest BCUT2D eigenvalue weighted by Gasteiger charge is -2.33. The summed E-state index contributed by atoms with van der Waals surface area (Å²) in [6.07, 6.45) is 44.4. The van der Waals surface area contributed by atoms with E-state index in [1.807, 2.05) is 0 Å². The molecule has 0 aromatic heterocycles. The fraction of sp³-hybridized carbons (Fsp3) is 0.857. The van der Waals surface area contributed by atoms with Gasteiger partial charge >= 0.3 is 0 Å². The molecule has 0 bridgehead atoms. The van der Waals surface area contributed by atoms with Crippen LogP contribution in [0.4, 0.5) is 0 Å². The molecule has 270 valence electrons. The molecule has 0 aliphatic carbocycles. The Kier molecular flexibility index (Phi) is 29.8. The van der Waals surface area contributed by atoms with Crippen LogP contribution in [0.2, 0.25) is 0 Å². The normalized spacial score (nSPS) is 11.9. The van der Waals surface area contributed by atoms with Gasteiger partial charge in [0.1, 0.15) is 0 Å². The van der Waals surface area contributed by atoms with Crippen LogP contribution < -0.4 is 15.1 Å². The third-order valence-electron chi connectivity index (χ3n) is 10.1. The van der Waals surface area contributed by atoms with Crippen LogP contribution in [0.5, 0.6) is 0 Å². The SMILES string of the molecule is CCCCCCCCCCCCCCCCCCc1cccc(P(=O)([O-])[O-])c1CCCCCCCCCCCCCCCCCC. The van der Waals surface area contributed by atoms with E-state index in [1.54, 1.807) is 12.1 Å². The predicted octanol–water partition coefficient (Wildman–Crippen LogP) is 12.8. The Labute approximate surface area is 288 Å². The van der Waals surface area contributed by atoms with Crippen molar-refractivity contribution in [2.75, 3.05) is 0 Å². The molecule has 0 heterocycles. The fourth-order valence-electron chi connectivity index (χ4n) is 7.11. The maximum atomic E-state index is 12.1. The smallest absolute Gasteiger partial charge is 0.0122 e. The predicted molar refractivity (Wildman–Crippen MR) is 200 cm³/mol. The van der Waals surface area contributed by atoms with Crippen LogP contribution in [0.3, 0.4) is 0 Å². The van der Waals surface area contributed by atoms with Gasteiger partial charge in [-0.15, -0.1) is 0 Å². The second-order valence-corrected chi connectivity index (χ2v) is 16.0. The molecule has 0 atom stereocenters. The van der Waals surface area contributed by atoms with Crippen LogP contribution in [0.25, 0.3) is 0 Å². The maximum Gasteiger partial charge on any atom is -0.0122 e. The average molecular weight is 661 g/mol. The molecular formula is C42H77O3P-2. The molecule has 46 heavy (non-hydrogen) atoms. The Morgan fingerprint density at radius 1 is 0.413 bits per heavy atom. The zero-order chi connectivity index (χ0) is 33.4. The van der Waals surface area contributed by atoms with Crippen LogP contribution in [0, 0.1) is 0 Å². The molecule has 0 spiro atoms. The second kappa shape index (κ2) is 31.6. The summed E-state index contributed by atoms with van der Waals surface area (Å²) < 4.78 is 12.1. The standard InChI is InChI=1S/C42H79O3P/c1-3-5-7-9-11-13-15-17-19-21-23-25-27-29-31-33-36-40-37-35-39-42(46(43,44)45)41(40)38-34-32-30-28-26-24-22-20-18-16-14-12-10-8-6-4-2/h35,37,39H,3-34,36,38H2,1-2H3,(H2,43,44,45)/p-2. The van der Waals surface area contributed by atoms with Gasteiger partial charge in [0.15, 0.2) is 0 Å². The number of unbranched alkanes of at least 4 members (excludes halogenated alkanes) is 30. The third kappa shape index (κ3) is 25.4. The maximum absolute atomic E-state index is 12.1. The second-order valence-electron chi connectivity index (χ2n) is 14.5. The van der Waals surface area contributed by atoms with Crippen LogP contribution in [-0.2, 0) is 17.4 Å². The van der Waals surface area contributed by atoms with Gasteiger partial charge < -0.3 is 14.4 Å². The molecule has 0 N–H and O–H groups in total. The Bertz CT molecular complexity index is 832. The van der Waals surface area contributed by atoms with Crippen molar-refractivity contribution in [2.24, 2.45) is 0 Å². The van der Waals surface area contributed by atoms with Gasteiger partial charge in [-0.3, -0.25) is 0 Å². The molecule has 4 heteroatoms. The van der Waals surface area contributed by atoms with E-state index in [9.17, 15) is 14.4 Å². The first-order valence-electron chi connectivity index (χ1n) is 20.6. The van der Waals surface area contributed by atoms with Crippen molar-refractivity contribution < 1.29 is 14.4 Å². The van der Waals surface area contributed by atoms with Gasteiger partial charge in [-0.25, -0.2) is 0 Å². The minimum atomic E-state index is -4.75. The molecule has 0 radical (unpaired) electrons. The van der Waals surface area contributed by atoms with Gasteiger partial charge in [-0.2, -0.15) is 0 Å². The van der Waals surface area contributed by atoms with Crippen molar-refractivity contribution in [3.8, 4) is 0 Å². The zero-order valence-corrected chi connectivity index (χ0v) is 31.8. The van der Waals surface area contributed by atoms with Gasteiger partial charge in [-0.1, -0.05) is 225 Å². The van der Waals surface area contributed by atoms with Gasteiger partial charge in [0.2, 0.25) is 0 Å². The minimum absolute atomic E-state index is 0.0578. The summed E-state index contributed by atoms with van der Waals surface area (Å²) in [5.41, 5.74) is 1.91. The summed E-state index contributed by atoms with van der Waals surface area (Å²) in [7, 11) is -4.75. The highest BCUT2D eigenvalue weighted by atomic mass is 31.2. The number of hydrogen-bond acceptors (Lipinski definition) is 3. The highest BCUT2D eigenvalue weighted by molar-refractivity contribution is 7.57. The summed E-state index contributed by atoms with van der Waals surface area (Å²) in [5, 5.41) is 0.0578. The summed E-state index contributed by atoms with van der Waals surface area (Å²) in [5.74, 6) is 0. The molecule has 0 unspecified atom stereocenters. The fourth-order valence-corrected chi connectivity index (χ4v) is 7.97. The number of hydrogen-bond donors (Lipinski definition) is 0. The van der Waals surface area contributed by atoms with E-state index in [2.05, 4.69) is 19.9 Å². The molecule has 1 aromatic rings. The molecule has 0 fully saturated rings. The molecular weight excluding hydrogens is 583 g/mol. The van der Waals surface area contributed by atoms with Crippen molar-refractivity contribution in [2.45, 2.75) is 232 Å². The number of benzene rings is 1. The van der Waals surface area contributed by atoms with E-state index in [-0.39, 0.29) is 5.30 Å². The lowest BCUT2D eigenvalue weighted by Crippen LogP contribution is -2.28.